The highest BCUT2D eigenvalue weighted by Crippen LogP contribution is 2.20. The van der Waals surface area contributed by atoms with Crippen LogP contribution in [-0.2, 0) is 6.54 Å². The van der Waals surface area contributed by atoms with Crippen molar-refractivity contribution in [2.24, 2.45) is 5.92 Å². The van der Waals surface area contributed by atoms with Gasteiger partial charge in [0.15, 0.2) is 5.65 Å². The number of rotatable bonds is 5. The number of methoxy groups -OCH3 is 1. The fraction of sp³-hybridized carbons (Fsp3) is 0.538. The first kappa shape index (κ1) is 12.7. The van der Waals surface area contributed by atoms with E-state index in [0.717, 1.165) is 24.1 Å². The summed E-state index contributed by atoms with van der Waals surface area (Å²) in [4.78, 5) is 8.72. The summed E-state index contributed by atoms with van der Waals surface area (Å²) in [5.41, 5.74) is 7.55. The number of nitrogens with zero attached hydrogens (tertiary/aromatic N) is 3. The van der Waals surface area contributed by atoms with E-state index >= 15 is 0 Å². The summed E-state index contributed by atoms with van der Waals surface area (Å²) in [5, 5.41) is 0. The second-order valence-corrected chi connectivity index (χ2v) is 4.85. The van der Waals surface area contributed by atoms with Crippen molar-refractivity contribution in [2.75, 3.05) is 12.8 Å². The number of aryl methyl sites for hydroxylation is 1. The van der Waals surface area contributed by atoms with Gasteiger partial charge in [-0.2, -0.15) is 4.98 Å². The highest BCUT2D eigenvalue weighted by Gasteiger charge is 2.10. The third kappa shape index (κ3) is 2.55. The lowest BCUT2D eigenvalue weighted by Gasteiger charge is -2.08. The molecule has 2 aromatic heterocycles. The van der Waals surface area contributed by atoms with E-state index in [9.17, 15) is 0 Å². The molecule has 0 saturated carbocycles. The van der Waals surface area contributed by atoms with Gasteiger partial charge in [0, 0.05) is 12.6 Å². The van der Waals surface area contributed by atoms with E-state index in [1.54, 1.807) is 13.2 Å². The molecule has 5 heteroatoms. The lowest BCUT2D eigenvalue weighted by atomic mass is 10.1. The second-order valence-electron chi connectivity index (χ2n) is 4.85. The molecular weight excluding hydrogens is 228 g/mol. The molecule has 2 rings (SSSR count). The molecule has 5 nitrogen and oxygen atoms in total. The molecule has 0 aliphatic heterocycles. The lowest BCUT2D eigenvalue weighted by molar-refractivity contribution is 0.398. The molecule has 0 aliphatic carbocycles. The highest BCUT2D eigenvalue weighted by molar-refractivity contribution is 5.74. The van der Waals surface area contributed by atoms with Gasteiger partial charge in [-0.1, -0.05) is 13.8 Å². The molecule has 2 aromatic rings. The summed E-state index contributed by atoms with van der Waals surface area (Å²) in [6.45, 7) is 5.29. The SMILES string of the molecule is COc1ccc2nc(N)n(CCCC(C)C)c2n1. The van der Waals surface area contributed by atoms with Gasteiger partial charge in [0.05, 0.1) is 7.11 Å². The average Bonchev–Trinajstić information content (AvgIpc) is 2.64. The van der Waals surface area contributed by atoms with Crippen LogP contribution in [-0.4, -0.2) is 21.6 Å². The van der Waals surface area contributed by atoms with Gasteiger partial charge in [0.2, 0.25) is 11.8 Å². The van der Waals surface area contributed by atoms with Gasteiger partial charge in [-0.15, -0.1) is 0 Å². The van der Waals surface area contributed by atoms with Crippen molar-refractivity contribution >= 4 is 17.1 Å². The smallest absolute Gasteiger partial charge is 0.215 e. The standard InChI is InChI=1S/C13H20N4O/c1-9(2)5-4-8-17-12-10(15-13(17)14)6-7-11(16-12)18-3/h6-7,9H,4-5,8H2,1-3H3,(H2,14,15). The largest absolute Gasteiger partial charge is 0.481 e. The van der Waals surface area contributed by atoms with Crippen LogP contribution in [0.4, 0.5) is 5.95 Å². The summed E-state index contributed by atoms with van der Waals surface area (Å²) in [7, 11) is 1.61. The summed E-state index contributed by atoms with van der Waals surface area (Å²) < 4.78 is 7.09. The molecule has 18 heavy (non-hydrogen) atoms. The van der Waals surface area contributed by atoms with Gasteiger partial charge in [-0.3, -0.25) is 4.57 Å². The van der Waals surface area contributed by atoms with Gasteiger partial charge >= 0.3 is 0 Å². The van der Waals surface area contributed by atoms with Crippen LogP contribution in [0.2, 0.25) is 0 Å². The Balaban J connectivity index is 2.27. The number of pyridine rings is 1. The molecule has 0 aromatic carbocycles. The number of hydrogen-bond donors (Lipinski definition) is 1. The quantitative estimate of drug-likeness (QED) is 0.882. The fourth-order valence-corrected chi connectivity index (χ4v) is 1.99. The summed E-state index contributed by atoms with van der Waals surface area (Å²) in [6, 6.07) is 3.68. The average molecular weight is 248 g/mol. The third-order valence-electron chi connectivity index (χ3n) is 2.97. The topological polar surface area (TPSA) is 66.0 Å². The molecule has 0 bridgehead atoms. The van der Waals surface area contributed by atoms with Gasteiger partial charge in [0.25, 0.3) is 0 Å². The van der Waals surface area contributed by atoms with Gasteiger partial charge in [-0.05, 0) is 24.8 Å². The maximum Gasteiger partial charge on any atom is 0.215 e. The lowest BCUT2D eigenvalue weighted by Crippen LogP contribution is -2.05. The molecule has 0 aliphatic rings. The Hall–Kier alpha value is -1.78. The molecule has 0 radical (unpaired) electrons. The van der Waals surface area contributed by atoms with E-state index in [2.05, 4.69) is 23.8 Å². The third-order valence-corrected chi connectivity index (χ3v) is 2.97. The molecule has 0 spiro atoms. The Morgan fingerprint density at radius 1 is 1.33 bits per heavy atom. The molecule has 0 amide bonds. The molecule has 0 atom stereocenters. The molecule has 0 fully saturated rings. The number of hydrogen-bond acceptors (Lipinski definition) is 4. The molecule has 0 unspecified atom stereocenters. The minimum absolute atomic E-state index is 0.523. The zero-order chi connectivity index (χ0) is 13.1. The van der Waals surface area contributed by atoms with Crippen molar-refractivity contribution in [3.63, 3.8) is 0 Å². The van der Waals surface area contributed by atoms with Crippen LogP contribution in [0.5, 0.6) is 5.88 Å². The molecule has 2 N–H and O–H groups in total. The predicted octanol–water partition coefficient (Wildman–Crippen LogP) is 2.46. The maximum absolute atomic E-state index is 5.93. The Bertz CT molecular complexity index is 533. The Kier molecular flexibility index (Phi) is 3.69. The van der Waals surface area contributed by atoms with Gasteiger partial charge in [0.1, 0.15) is 5.52 Å². The van der Waals surface area contributed by atoms with Crippen molar-refractivity contribution in [1.82, 2.24) is 14.5 Å². The summed E-state index contributed by atoms with van der Waals surface area (Å²) in [5.74, 6) is 1.81. The van der Waals surface area contributed by atoms with Crippen molar-refractivity contribution in [3.8, 4) is 5.88 Å². The van der Waals surface area contributed by atoms with E-state index in [4.69, 9.17) is 10.5 Å². The monoisotopic (exact) mass is 248 g/mol. The Morgan fingerprint density at radius 2 is 2.11 bits per heavy atom. The molecular formula is C13H20N4O. The van der Waals surface area contributed by atoms with Crippen LogP contribution in [0.15, 0.2) is 12.1 Å². The van der Waals surface area contributed by atoms with E-state index in [0.29, 0.717) is 17.7 Å². The van der Waals surface area contributed by atoms with E-state index < -0.39 is 0 Å². The second kappa shape index (κ2) is 5.25. The van der Waals surface area contributed by atoms with Crippen LogP contribution in [0.25, 0.3) is 11.2 Å². The van der Waals surface area contributed by atoms with Crippen LogP contribution < -0.4 is 10.5 Å². The van der Waals surface area contributed by atoms with Crippen LogP contribution in [0, 0.1) is 5.92 Å². The zero-order valence-electron chi connectivity index (χ0n) is 11.2. The Labute approximate surface area is 107 Å². The number of nitrogens with two attached hydrogens (primary N) is 1. The number of anilines is 1. The summed E-state index contributed by atoms with van der Waals surface area (Å²) in [6.07, 6.45) is 2.25. The number of fused-ring (bicyclic) bond motifs is 1. The first-order chi connectivity index (χ1) is 8.61. The maximum atomic E-state index is 5.93. The highest BCUT2D eigenvalue weighted by atomic mass is 16.5. The first-order valence-electron chi connectivity index (χ1n) is 6.28. The van der Waals surface area contributed by atoms with Crippen molar-refractivity contribution < 1.29 is 4.74 Å². The number of ether oxygens (including phenoxy) is 1. The Morgan fingerprint density at radius 3 is 2.78 bits per heavy atom. The van der Waals surface area contributed by atoms with E-state index in [1.807, 2.05) is 10.6 Å². The molecule has 0 saturated heterocycles. The number of aromatic nitrogens is 3. The minimum Gasteiger partial charge on any atom is -0.481 e. The fourth-order valence-electron chi connectivity index (χ4n) is 1.99. The first-order valence-corrected chi connectivity index (χ1v) is 6.28. The van der Waals surface area contributed by atoms with Crippen molar-refractivity contribution in [1.29, 1.82) is 0 Å². The van der Waals surface area contributed by atoms with Crippen molar-refractivity contribution in [3.05, 3.63) is 12.1 Å². The molecule has 2 heterocycles. The van der Waals surface area contributed by atoms with Crippen LogP contribution in [0.3, 0.4) is 0 Å². The number of imidazole rings is 1. The normalized spacial score (nSPS) is 11.3. The predicted molar refractivity (Wildman–Crippen MR) is 72.6 cm³/mol. The van der Waals surface area contributed by atoms with Crippen LogP contribution in [0.1, 0.15) is 26.7 Å². The summed E-state index contributed by atoms with van der Waals surface area (Å²) >= 11 is 0. The minimum atomic E-state index is 0.523. The van der Waals surface area contributed by atoms with E-state index in [1.165, 1.54) is 6.42 Å². The zero-order valence-corrected chi connectivity index (χ0v) is 11.2. The van der Waals surface area contributed by atoms with Crippen molar-refractivity contribution in [2.45, 2.75) is 33.2 Å². The van der Waals surface area contributed by atoms with Gasteiger partial charge in [-0.25, -0.2) is 4.98 Å². The van der Waals surface area contributed by atoms with Crippen LogP contribution >= 0.6 is 0 Å². The molecule has 98 valence electrons. The number of nitrogen functional groups attached to an aromatic ring is 1. The van der Waals surface area contributed by atoms with Gasteiger partial charge < -0.3 is 10.5 Å². The van der Waals surface area contributed by atoms with E-state index in [-0.39, 0.29) is 0 Å².